The fraction of sp³-hybridized carbons (Fsp3) is 0.143. The van der Waals surface area contributed by atoms with E-state index < -0.39 is 12.0 Å². The SMILES string of the molecule is CC(Oc1ccc(Cl)cc1Cl)C(=O)Nc1ccccc1C(=O)NCc1ccco1. The minimum absolute atomic E-state index is 0.239. The van der Waals surface area contributed by atoms with E-state index in [-0.39, 0.29) is 12.5 Å². The molecule has 1 heterocycles. The third-order valence-corrected chi connectivity index (χ3v) is 4.53. The number of hydrogen-bond donors (Lipinski definition) is 2. The van der Waals surface area contributed by atoms with Gasteiger partial charge in [-0.25, -0.2) is 0 Å². The molecule has 2 amide bonds. The standard InChI is InChI=1S/C21H18Cl2N2O4/c1-13(29-19-9-8-14(22)11-17(19)23)20(26)25-18-7-3-2-6-16(18)21(27)24-12-15-5-4-10-28-15/h2-11,13H,12H2,1H3,(H,24,27)(H,25,26). The van der Waals surface area contributed by atoms with Gasteiger partial charge < -0.3 is 19.8 Å². The first-order chi connectivity index (χ1) is 13.9. The third kappa shape index (κ3) is 5.53. The topological polar surface area (TPSA) is 80.6 Å². The number of anilines is 1. The number of carbonyl (C=O) groups excluding carboxylic acids is 2. The van der Waals surface area contributed by atoms with E-state index in [1.165, 1.54) is 12.3 Å². The molecule has 150 valence electrons. The number of hydrogen-bond acceptors (Lipinski definition) is 4. The van der Waals surface area contributed by atoms with Gasteiger partial charge in [0.25, 0.3) is 11.8 Å². The molecule has 29 heavy (non-hydrogen) atoms. The quantitative estimate of drug-likeness (QED) is 0.554. The average Bonchev–Trinajstić information content (AvgIpc) is 3.22. The van der Waals surface area contributed by atoms with Gasteiger partial charge in [-0.05, 0) is 49.4 Å². The maximum Gasteiger partial charge on any atom is 0.265 e. The van der Waals surface area contributed by atoms with Crippen molar-refractivity contribution >= 4 is 40.7 Å². The Morgan fingerprint density at radius 3 is 2.62 bits per heavy atom. The van der Waals surface area contributed by atoms with Gasteiger partial charge in [0.2, 0.25) is 0 Å². The van der Waals surface area contributed by atoms with Crippen molar-refractivity contribution in [2.45, 2.75) is 19.6 Å². The number of rotatable bonds is 7. The predicted molar refractivity (Wildman–Crippen MR) is 112 cm³/mol. The van der Waals surface area contributed by atoms with Crippen LogP contribution in [-0.2, 0) is 11.3 Å². The van der Waals surface area contributed by atoms with Crippen LogP contribution in [0.1, 0.15) is 23.0 Å². The van der Waals surface area contributed by atoms with Gasteiger partial charge in [0.05, 0.1) is 29.1 Å². The molecule has 0 saturated carbocycles. The molecule has 3 rings (SSSR count). The maximum absolute atomic E-state index is 12.6. The molecule has 1 aromatic heterocycles. The van der Waals surface area contributed by atoms with Crippen LogP contribution in [0, 0.1) is 0 Å². The lowest BCUT2D eigenvalue weighted by atomic mass is 10.1. The largest absolute Gasteiger partial charge is 0.479 e. The Bertz CT molecular complexity index is 1010. The van der Waals surface area contributed by atoms with E-state index in [1.54, 1.807) is 55.5 Å². The number of halogens is 2. The lowest BCUT2D eigenvalue weighted by molar-refractivity contribution is -0.122. The van der Waals surface area contributed by atoms with Crippen LogP contribution in [0.2, 0.25) is 10.0 Å². The van der Waals surface area contributed by atoms with Crippen molar-refractivity contribution in [2.75, 3.05) is 5.32 Å². The number of para-hydroxylation sites is 1. The van der Waals surface area contributed by atoms with Gasteiger partial charge in [0.15, 0.2) is 6.10 Å². The molecule has 0 radical (unpaired) electrons. The Morgan fingerprint density at radius 1 is 1.10 bits per heavy atom. The number of furan rings is 1. The molecule has 0 bridgehead atoms. The van der Waals surface area contributed by atoms with Gasteiger partial charge in [0.1, 0.15) is 11.5 Å². The number of nitrogens with one attached hydrogen (secondary N) is 2. The summed E-state index contributed by atoms with van der Waals surface area (Å²) >= 11 is 11.9. The highest BCUT2D eigenvalue weighted by Gasteiger charge is 2.19. The maximum atomic E-state index is 12.6. The summed E-state index contributed by atoms with van der Waals surface area (Å²) in [6.07, 6.45) is 0.678. The van der Waals surface area contributed by atoms with E-state index in [9.17, 15) is 9.59 Å². The molecule has 1 unspecified atom stereocenters. The van der Waals surface area contributed by atoms with Gasteiger partial charge >= 0.3 is 0 Å². The zero-order valence-electron chi connectivity index (χ0n) is 15.4. The molecule has 0 aliphatic heterocycles. The molecule has 0 aliphatic carbocycles. The van der Waals surface area contributed by atoms with Gasteiger partial charge in [0, 0.05) is 5.02 Å². The fourth-order valence-electron chi connectivity index (χ4n) is 2.52. The lowest BCUT2D eigenvalue weighted by Crippen LogP contribution is -2.31. The molecule has 2 aromatic carbocycles. The van der Waals surface area contributed by atoms with Crippen molar-refractivity contribution in [1.29, 1.82) is 0 Å². The van der Waals surface area contributed by atoms with Crippen molar-refractivity contribution < 1.29 is 18.7 Å². The summed E-state index contributed by atoms with van der Waals surface area (Å²) in [6, 6.07) is 14.9. The zero-order valence-corrected chi connectivity index (χ0v) is 17.0. The fourth-order valence-corrected chi connectivity index (χ4v) is 2.97. The Morgan fingerprint density at radius 2 is 1.90 bits per heavy atom. The second-order valence-electron chi connectivity index (χ2n) is 6.13. The van der Waals surface area contributed by atoms with Crippen LogP contribution in [0.15, 0.2) is 65.3 Å². The van der Waals surface area contributed by atoms with Crippen LogP contribution in [0.5, 0.6) is 5.75 Å². The van der Waals surface area contributed by atoms with E-state index in [0.717, 1.165) is 0 Å². The van der Waals surface area contributed by atoms with E-state index >= 15 is 0 Å². The normalized spacial score (nSPS) is 11.6. The molecule has 0 aliphatic rings. The average molecular weight is 433 g/mol. The first kappa shape index (κ1) is 20.8. The number of amides is 2. The van der Waals surface area contributed by atoms with Gasteiger partial charge in [-0.1, -0.05) is 35.3 Å². The predicted octanol–water partition coefficient (Wildman–Crippen LogP) is 4.92. The van der Waals surface area contributed by atoms with Crippen molar-refractivity contribution in [3.63, 3.8) is 0 Å². The van der Waals surface area contributed by atoms with Crippen molar-refractivity contribution in [2.24, 2.45) is 0 Å². The van der Waals surface area contributed by atoms with Crippen LogP contribution in [-0.4, -0.2) is 17.9 Å². The van der Waals surface area contributed by atoms with Gasteiger partial charge in [-0.2, -0.15) is 0 Å². The van der Waals surface area contributed by atoms with Crippen LogP contribution < -0.4 is 15.4 Å². The summed E-state index contributed by atoms with van der Waals surface area (Å²) < 4.78 is 10.8. The van der Waals surface area contributed by atoms with E-state index in [2.05, 4.69) is 10.6 Å². The Labute approximate surface area is 177 Å². The van der Waals surface area contributed by atoms with E-state index in [0.29, 0.717) is 32.8 Å². The van der Waals surface area contributed by atoms with Crippen molar-refractivity contribution in [1.82, 2.24) is 5.32 Å². The number of carbonyl (C=O) groups is 2. The second kappa shape index (κ2) is 9.49. The molecule has 0 fully saturated rings. The zero-order chi connectivity index (χ0) is 20.8. The minimum atomic E-state index is -0.854. The second-order valence-corrected chi connectivity index (χ2v) is 6.98. The van der Waals surface area contributed by atoms with Crippen molar-refractivity contribution in [3.05, 3.63) is 82.2 Å². The summed E-state index contributed by atoms with van der Waals surface area (Å²) in [6.45, 7) is 1.82. The van der Waals surface area contributed by atoms with E-state index in [1.807, 2.05) is 0 Å². The lowest BCUT2D eigenvalue weighted by Gasteiger charge is -2.17. The monoisotopic (exact) mass is 432 g/mol. The molecule has 8 heteroatoms. The highest BCUT2D eigenvalue weighted by molar-refractivity contribution is 6.35. The van der Waals surface area contributed by atoms with Crippen LogP contribution in [0.3, 0.4) is 0 Å². The van der Waals surface area contributed by atoms with Crippen LogP contribution >= 0.6 is 23.2 Å². The summed E-state index contributed by atoms with van der Waals surface area (Å²) in [5, 5.41) is 6.24. The Kier molecular flexibility index (Phi) is 6.80. The molecule has 3 aromatic rings. The van der Waals surface area contributed by atoms with Crippen LogP contribution in [0.25, 0.3) is 0 Å². The number of ether oxygens (including phenoxy) is 1. The van der Waals surface area contributed by atoms with E-state index in [4.69, 9.17) is 32.4 Å². The molecule has 0 saturated heterocycles. The Hall–Kier alpha value is -2.96. The highest BCUT2D eigenvalue weighted by atomic mass is 35.5. The third-order valence-electron chi connectivity index (χ3n) is 4.00. The smallest absolute Gasteiger partial charge is 0.265 e. The van der Waals surface area contributed by atoms with Gasteiger partial charge in [-0.3, -0.25) is 9.59 Å². The highest BCUT2D eigenvalue weighted by Crippen LogP contribution is 2.28. The Balaban J connectivity index is 1.66. The van der Waals surface area contributed by atoms with Gasteiger partial charge in [-0.15, -0.1) is 0 Å². The van der Waals surface area contributed by atoms with Crippen molar-refractivity contribution in [3.8, 4) is 5.75 Å². The number of benzene rings is 2. The minimum Gasteiger partial charge on any atom is -0.479 e. The summed E-state index contributed by atoms with van der Waals surface area (Å²) in [5.74, 6) is 0.193. The molecule has 0 spiro atoms. The summed E-state index contributed by atoms with van der Waals surface area (Å²) in [7, 11) is 0. The molecule has 1 atom stereocenters. The molecule has 2 N–H and O–H groups in total. The first-order valence-corrected chi connectivity index (χ1v) is 9.52. The summed E-state index contributed by atoms with van der Waals surface area (Å²) in [4.78, 5) is 25.1. The molecular formula is C21H18Cl2N2O4. The first-order valence-electron chi connectivity index (χ1n) is 8.76. The molecular weight excluding hydrogens is 415 g/mol. The summed E-state index contributed by atoms with van der Waals surface area (Å²) in [5.41, 5.74) is 0.691. The molecule has 6 nitrogen and oxygen atoms in total. The van der Waals surface area contributed by atoms with Crippen LogP contribution in [0.4, 0.5) is 5.69 Å².